The minimum absolute atomic E-state index is 0.107. The Morgan fingerprint density at radius 2 is 1.79 bits per heavy atom. The zero-order valence-corrected chi connectivity index (χ0v) is 10.2. The summed E-state index contributed by atoms with van der Waals surface area (Å²) in [6, 6.07) is 0.600. The topological polar surface area (TPSA) is 21.7 Å². The van der Waals surface area contributed by atoms with Crippen LogP contribution in [0.3, 0.4) is 0 Å². The quantitative estimate of drug-likeness (QED) is 0.564. The normalized spacial score (nSPS) is 13.9. The van der Waals surface area contributed by atoms with Gasteiger partial charge < -0.3 is 9.47 Å². The number of hydrogen-bond acceptors (Lipinski definition) is 3. The summed E-state index contributed by atoms with van der Waals surface area (Å²) in [4.78, 5) is 2.29. The molecule has 0 aliphatic heterocycles. The Morgan fingerprint density at radius 3 is 2.21 bits per heavy atom. The summed E-state index contributed by atoms with van der Waals surface area (Å²) in [6.07, 6.45) is 3.68. The summed E-state index contributed by atoms with van der Waals surface area (Å²) in [5.74, 6) is 0. The molecule has 0 heterocycles. The highest BCUT2D eigenvalue weighted by Gasteiger charge is 2.13. The molecule has 3 nitrogen and oxygen atoms in total. The number of likely N-dealkylation sites (N-methyl/N-ethyl adjacent to an activating group) is 1. The van der Waals surface area contributed by atoms with Crippen molar-refractivity contribution >= 4 is 0 Å². The van der Waals surface area contributed by atoms with Crippen LogP contribution in [0.15, 0.2) is 0 Å². The van der Waals surface area contributed by atoms with E-state index in [1.165, 1.54) is 19.3 Å². The molecule has 0 aromatic rings. The summed E-state index contributed by atoms with van der Waals surface area (Å²) in [5.41, 5.74) is 0. The van der Waals surface area contributed by atoms with Gasteiger partial charge in [0.1, 0.15) is 0 Å². The van der Waals surface area contributed by atoms with E-state index < -0.39 is 0 Å². The number of methoxy groups -OCH3 is 2. The number of hydrogen-bond donors (Lipinski definition) is 0. The predicted molar refractivity (Wildman–Crippen MR) is 59.4 cm³/mol. The minimum Gasteiger partial charge on any atom is -0.355 e. The zero-order chi connectivity index (χ0) is 11.0. The minimum atomic E-state index is -0.107. The van der Waals surface area contributed by atoms with Crippen LogP contribution in [-0.4, -0.2) is 45.0 Å². The molecule has 1 unspecified atom stereocenters. The molecule has 86 valence electrons. The molecule has 3 heteroatoms. The van der Waals surface area contributed by atoms with E-state index in [-0.39, 0.29) is 6.29 Å². The molecule has 0 aliphatic rings. The third-order valence-corrected chi connectivity index (χ3v) is 2.69. The number of nitrogens with zero attached hydrogens (tertiary/aromatic N) is 1. The molecule has 14 heavy (non-hydrogen) atoms. The monoisotopic (exact) mass is 203 g/mol. The molecule has 0 amide bonds. The molecule has 0 aromatic carbocycles. The van der Waals surface area contributed by atoms with Crippen molar-refractivity contribution in [2.24, 2.45) is 0 Å². The molecule has 1 atom stereocenters. The van der Waals surface area contributed by atoms with Crippen molar-refractivity contribution in [1.82, 2.24) is 4.90 Å². The maximum Gasteiger partial charge on any atom is 0.169 e. The van der Waals surface area contributed by atoms with Gasteiger partial charge in [0.05, 0.1) is 0 Å². The van der Waals surface area contributed by atoms with E-state index in [2.05, 4.69) is 25.8 Å². The van der Waals surface area contributed by atoms with Gasteiger partial charge in [-0.15, -0.1) is 0 Å². The fourth-order valence-electron chi connectivity index (χ4n) is 1.38. The molecule has 0 saturated carbocycles. The third-order valence-electron chi connectivity index (χ3n) is 2.69. The Hall–Kier alpha value is -0.120. The van der Waals surface area contributed by atoms with Crippen LogP contribution in [0.2, 0.25) is 0 Å². The van der Waals surface area contributed by atoms with Crippen LogP contribution < -0.4 is 0 Å². The molecule has 0 fully saturated rings. The van der Waals surface area contributed by atoms with E-state index in [1.54, 1.807) is 14.2 Å². The Labute approximate surface area is 88.4 Å². The van der Waals surface area contributed by atoms with Gasteiger partial charge in [-0.05, 0) is 20.4 Å². The maximum atomic E-state index is 5.16. The largest absolute Gasteiger partial charge is 0.355 e. The van der Waals surface area contributed by atoms with Crippen molar-refractivity contribution in [2.45, 2.75) is 45.4 Å². The van der Waals surface area contributed by atoms with E-state index >= 15 is 0 Å². The van der Waals surface area contributed by atoms with Crippen LogP contribution in [0, 0.1) is 0 Å². The molecule has 0 bridgehead atoms. The number of ether oxygens (including phenoxy) is 2. The van der Waals surface area contributed by atoms with Crippen molar-refractivity contribution < 1.29 is 9.47 Å². The summed E-state index contributed by atoms with van der Waals surface area (Å²) in [5, 5.41) is 0. The first-order chi connectivity index (χ1) is 6.65. The highest BCUT2D eigenvalue weighted by molar-refractivity contribution is 4.64. The van der Waals surface area contributed by atoms with Gasteiger partial charge >= 0.3 is 0 Å². The van der Waals surface area contributed by atoms with E-state index in [1.807, 2.05) is 0 Å². The second-order valence-electron chi connectivity index (χ2n) is 3.83. The van der Waals surface area contributed by atoms with Gasteiger partial charge in [0, 0.05) is 26.8 Å². The van der Waals surface area contributed by atoms with E-state index in [0.29, 0.717) is 6.04 Å². The number of unbranched alkanes of at least 4 members (excludes halogenated alkanes) is 1. The fraction of sp³-hybridized carbons (Fsp3) is 1.00. The van der Waals surface area contributed by atoms with Crippen LogP contribution in [0.1, 0.15) is 33.1 Å². The lowest BCUT2D eigenvalue weighted by Gasteiger charge is -2.27. The van der Waals surface area contributed by atoms with Gasteiger partial charge in [0.2, 0.25) is 0 Å². The van der Waals surface area contributed by atoms with Gasteiger partial charge in [0.25, 0.3) is 0 Å². The average Bonchev–Trinajstić information content (AvgIpc) is 2.21. The summed E-state index contributed by atoms with van der Waals surface area (Å²) in [7, 11) is 5.47. The van der Waals surface area contributed by atoms with Gasteiger partial charge in [-0.1, -0.05) is 19.8 Å². The Balaban J connectivity index is 3.74. The fourth-order valence-corrected chi connectivity index (χ4v) is 1.38. The first kappa shape index (κ1) is 13.9. The van der Waals surface area contributed by atoms with Crippen LogP contribution in [-0.2, 0) is 9.47 Å². The number of rotatable bonds is 8. The first-order valence-electron chi connectivity index (χ1n) is 5.41. The van der Waals surface area contributed by atoms with Crippen LogP contribution in [0.4, 0.5) is 0 Å². The highest BCUT2D eigenvalue weighted by Crippen LogP contribution is 2.07. The Bertz CT molecular complexity index is 126. The SMILES string of the molecule is CCCCC(C)N(C)CC(OC)OC. The lowest BCUT2D eigenvalue weighted by molar-refractivity contribution is -0.117. The molecule has 0 radical (unpaired) electrons. The molecule has 0 rings (SSSR count). The van der Waals surface area contributed by atoms with E-state index in [9.17, 15) is 0 Å². The van der Waals surface area contributed by atoms with Crippen molar-refractivity contribution in [3.8, 4) is 0 Å². The Morgan fingerprint density at radius 1 is 1.21 bits per heavy atom. The molecule has 0 N–H and O–H groups in total. The smallest absolute Gasteiger partial charge is 0.169 e. The maximum absolute atomic E-state index is 5.16. The van der Waals surface area contributed by atoms with Gasteiger partial charge in [-0.3, -0.25) is 4.90 Å². The van der Waals surface area contributed by atoms with E-state index in [0.717, 1.165) is 6.54 Å². The Kier molecular flexibility index (Phi) is 8.14. The van der Waals surface area contributed by atoms with Gasteiger partial charge in [0.15, 0.2) is 6.29 Å². The molecular formula is C11H25NO2. The first-order valence-corrected chi connectivity index (χ1v) is 5.41. The van der Waals surface area contributed by atoms with Crippen molar-refractivity contribution in [2.75, 3.05) is 27.8 Å². The van der Waals surface area contributed by atoms with Gasteiger partial charge in [-0.2, -0.15) is 0 Å². The molecule has 0 saturated heterocycles. The van der Waals surface area contributed by atoms with Crippen molar-refractivity contribution in [1.29, 1.82) is 0 Å². The van der Waals surface area contributed by atoms with Crippen LogP contribution in [0.5, 0.6) is 0 Å². The summed E-state index contributed by atoms with van der Waals surface area (Å²) < 4.78 is 10.3. The lowest BCUT2D eigenvalue weighted by Crippen LogP contribution is -2.37. The summed E-state index contributed by atoms with van der Waals surface area (Å²) >= 11 is 0. The molecular weight excluding hydrogens is 178 g/mol. The van der Waals surface area contributed by atoms with Crippen molar-refractivity contribution in [3.05, 3.63) is 0 Å². The lowest BCUT2D eigenvalue weighted by atomic mass is 10.1. The summed E-state index contributed by atoms with van der Waals surface area (Å²) in [6.45, 7) is 5.30. The average molecular weight is 203 g/mol. The molecule has 0 aliphatic carbocycles. The zero-order valence-electron chi connectivity index (χ0n) is 10.2. The molecule has 0 spiro atoms. The molecule has 0 aromatic heterocycles. The van der Waals surface area contributed by atoms with Gasteiger partial charge in [-0.25, -0.2) is 0 Å². The van der Waals surface area contributed by atoms with E-state index in [4.69, 9.17) is 9.47 Å². The second kappa shape index (κ2) is 8.21. The van der Waals surface area contributed by atoms with Crippen molar-refractivity contribution in [3.63, 3.8) is 0 Å². The van der Waals surface area contributed by atoms with Crippen LogP contribution in [0.25, 0.3) is 0 Å². The van der Waals surface area contributed by atoms with Crippen LogP contribution >= 0.6 is 0 Å². The third kappa shape index (κ3) is 5.58. The highest BCUT2D eigenvalue weighted by atomic mass is 16.7. The standard InChI is InChI=1S/C11H25NO2/c1-6-7-8-10(2)12(3)9-11(13-4)14-5/h10-11H,6-9H2,1-5H3. The second-order valence-corrected chi connectivity index (χ2v) is 3.83. The predicted octanol–water partition coefficient (Wildman–Crippen LogP) is 2.12.